The number of hydrogen-bond acceptors (Lipinski definition) is 8. The first-order valence-corrected chi connectivity index (χ1v) is 10.3. The lowest BCUT2D eigenvalue weighted by atomic mass is 10.0. The van der Waals surface area contributed by atoms with Crippen LogP contribution in [0.15, 0.2) is 54.9 Å². The van der Waals surface area contributed by atoms with Gasteiger partial charge in [-0.3, -0.25) is 9.97 Å². The molecule has 1 atom stereocenters. The van der Waals surface area contributed by atoms with Crippen molar-refractivity contribution >= 4 is 6.09 Å². The van der Waals surface area contributed by atoms with Gasteiger partial charge < -0.3 is 15.2 Å². The minimum Gasteiger partial charge on any atom is -0.410 e. The molecule has 2 aromatic heterocycles. The molecule has 0 fully saturated rings. The Morgan fingerprint density at radius 3 is 2.58 bits per heavy atom. The molecule has 0 aliphatic rings. The molecule has 0 bridgehead atoms. The highest BCUT2D eigenvalue weighted by molar-refractivity contribution is 5.73. The minimum absolute atomic E-state index is 0.176. The van der Waals surface area contributed by atoms with Crippen LogP contribution in [-0.4, -0.2) is 41.4 Å². The highest BCUT2D eigenvalue weighted by Gasteiger charge is 2.16. The molecular weight excluding hydrogens is 422 g/mol. The van der Waals surface area contributed by atoms with Crippen molar-refractivity contribution in [2.24, 2.45) is 0 Å². The SMILES string of the molecule is Cc1ccc(-c2cc(OC(=O)NCc3cnc(C)cn3)cc(-n3nnnc3[C@H](C)O)c2)cc1. The van der Waals surface area contributed by atoms with E-state index in [1.165, 1.54) is 4.68 Å². The van der Waals surface area contributed by atoms with Crippen molar-refractivity contribution in [2.45, 2.75) is 33.4 Å². The van der Waals surface area contributed by atoms with Crippen molar-refractivity contribution in [3.8, 4) is 22.6 Å². The molecule has 2 aromatic carbocycles. The number of nitrogens with one attached hydrogen (secondary N) is 1. The van der Waals surface area contributed by atoms with Crippen molar-refractivity contribution in [3.05, 3.63) is 77.6 Å². The molecule has 1 amide bonds. The number of aromatic nitrogens is 6. The average Bonchev–Trinajstić information content (AvgIpc) is 3.29. The van der Waals surface area contributed by atoms with E-state index >= 15 is 0 Å². The van der Waals surface area contributed by atoms with Gasteiger partial charge in [-0.05, 0) is 54.5 Å². The zero-order chi connectivity index (χ0) is 23.4. The number of aliphatic hydroxyl groups is 1. The number of nitrogens with zero attached hydrogens (tertiary/aromatic N) is 6. The Bertz CT molecular complexity index is 1250. The van der Waals surface area contributed by atoms with Crippen LogP contribution in [0, 0.1) is 13.8 Å². The number of benzene rings is 2. The number of aliphatic hydroxyl groups excluding tert-OH is 1. The molecule has 4 rings (SSSR count). The third-order valence-electron chi connectivity index (χ3n) is 4.85. The van der Waals surface area contributed by atoms with Crippen molar-refractivity contribution < 1.29 is 14.6 Å². The predicted molar refractivity (Wildman–Crippen MR) is 120 cm³/mol. The summed E-state index contributed by atoms with van der Waals surface area (Å²) >= 11 is 0. The molecule has 0 saturated heterocycles. The van der Waals surface area contributed by atoms with E-state index in [2.05, 4.69) is 30.8 Å². The maximum Gasteiger partial charge on any atom is 0.412 e. The van der Waals surface area contributed by atoms with Gasteiger partial charge in [0.25, 0.3) is 0 Å². The number of rotatable bonds is 6. The maximum absolute atomic E-state index is 12.4. The maximum atomic E-state index is 12.4. The van der Waals surface area contributed by atoms with Gasteiger partial charge in [-0.15, -0.1) is 5.10 Å². The van der Waals surface area contributed by atoms with Crippen molar-refractivity contribution in [3.63, 3.8) is 0 Å². The summed E-state index contributed by atoms with van der Waals surface area (Å²) in [5.41, 5.74) is 4.80. The van der Waals surface area contributed by atoms with E-state index in [9.17, 15) is 9.90 Å². The first-order valence-electron chi connectivity index (χ1n) is 10.3. The second kappa shape index (κ2) is 9.53. The van der Waals surface area contributed by atoms with Crippen molar-refractivity contribution in [1.29, 1.82) is 0 Å². The fraction of sp³-hybridized carbons (Fsp3) is 0.217. The normalized spacial score (nSPS) is 11.8. The van der Waals surface area contributed by atoms with E-state index in [1.807, 2.05) is 44.2 Å². The Morgan fingerprint density at radius 1 is 1.09 bits per heavy atom. The molecule has 0 spiro atoms. The van der Waals surface area contributed by atoms with Gasteiger partial charge in [0.2, 0.25) is 0 Å². The van der Waals surface area contributed by atoms with Gasteiger partial charge in [0, 0.05) is 12.3 Å². The zero-order valence-electron chi connectivity index (χ0n) is 18.4. The second-order valence-corrected chi connectivity index (χ2v) is 7.60. The van der Waals surface area contributed by atoms with Gasteiger partial charge in [-0.2, -0.15) is 4.68 Å². The quantitative estimate of drug-likeness (QED) is 0.463. The Kier molecular flexibility index (Phi) is 6.36. The van der Waals surface area contributed by atoms with Crippen LogP contribution in [0.25, 0.3) is 16.8 Å². The number of carbonyl (C=O) groups excluding carboxylic acids is 1. The lowest BCUT2D eigenvalue weighted by molar-refractivity contribution is 0.185. The highest BCUT2D eigenvalue weighted by Crippen LogP contribution is 2.29. The minimum atomic E-state index is -0.883. The summed E-state index contributed by atoms with van der Waals surface area (Å²) in [6, 6.07) is 13.2. The van der Waals surface area contributed by atoms with E-state index in [-0.39, 0.29) is 12.4 Å². The molecule has 33 heavy (non-hydrogen) atoms. The van der Waals surface area contributed by atoms with E-state index < -0.39 is 12.2 Å². The van der Waals surface area contributed by atoms with Crippen LogP contribution in [-0.2, 0) is 6.54 Å². The largest absolute Gasteiger partial charge is 0.412 e. The molecule has 2 N–H and O–H groups in total. The van der Waals surface area contributed by atoms with Crippen LogP contribution in [0.2, 0.25) is 0 Å². The summed E-state index contributed by atoms with van der Waals surface area (Å²) in [5.74, 6) is 0.562. The number of ether oxygens (including phenoxy) is 1. The predicted octanol–water partition coefficient (Wildman–Crippen LogP) is 3.08. The number of tetrazole rings is 1. The topological polar surface area (TPSA) is 128 Å². The van der Waals surface area contributed by atoms with Crippen LogP contribution in [0.1, 0.15) is 35.8 Å². The number of hydrogen-bond donors (Lipinski definition) is 2. The van der Waals surface area contributed by atoms with E-state index in [4.69, 9.17) is 4.74 Å². The summed E-state index contributed by atoms with van der Waals surface area (Å²) < 4.78 is 6.95. The summed E-state index contributed by atoms with van der Waals surface area (Å²) in [4.78, 5) is 20.8. The molecule has 0 aliphatic carbocycles. The van der Waals surface area contributed by atoms with Crippen molar-refractivity contribution in [2.75, 3.05) is 0 Å². The second-order valence-electron chi connectivity index (χ2n) is 7.60. The molecule has 0 saturated carbocycles. The molecular formula is C23H23N7O3. The molecule has 10 nitrogen and oxygen atoms in total. The van der Waals surface area contributed by atoms with Gasteiger partial charge >= 0.3 is 6.09 Å². The summed E-state index contributed by atoms with van der Waals surface area (Å²) in [6.07, 6.45) is 1.70. The van der Waals surface area contributed by atoms with E-state index in [1.54, 1.807) is 31.5 Å². The molecule has 168 valence electrons. The Hall–Kier alpha value is -4.18. The number of carbonyl (C=O) groups is 1. The molecule has 0 aliphatic heterocycles. The third-order valence-corrected chi connectivity index (χ3v) is 4.85. The smallest absolute Gasteiger partial charge is 0.410 e. The first kappa shape index (κ1) is 22.0. The van der Waals surface area contributed by atoms with E-state index in [0.29, 0.717) is 17.1 Å². The summed E-state index contributed by atoms with van der Waals surface area (Å²) in [5, 5.41) is 24.2. The summed E-state index contributed by atoms with van der Waals surface area (Å²) in [6.45, 7) is 5.60. The number of aryl methyl sites for hydroxylation is 2. The lowest BCUT2D eigenvalue weighted by Crippen LogP contribution is -2.26. The van der Waals surface area contributed by atoms with Crippen LogP contribution >= 0.6 is 0 Å². The average molecular weight is 445 g/mol. The Balaban J connectivity index is 1.62. The standard InChI is InChI=1S/C23H23N7O3/c1-14-4-6-17(7-5-14)18-8-20(30-22(16(3)31)27-28-29-30)10-21(9-18)33-23(32)26-13-19-12-24-15(2)11-25-19/h4-12,16,31H,13H2,1-3H3,(H,26,32)/t16-/m0/s1. The lowest BCUT2D eigenvalue weighted by Gasteiger charge is -2.13. The van der Waals surface area contributed by atoms with Crippen LogP contribution in [0.5, 0.6) is 5.75 Å². The van der Waals surface area contributed by atoms with Crippen LogP contribution in [0.4, 0.5) is 4.79 Å². The van der Waals surface area contributed by atoms with Crippen LogP contribution in [0.3, 0.4) is 0 Å². The molecule has 4 aromatic rings. The van der Waals surface area contributed by atoms with Gasteiger partial charge in [0.05, 0.1) is 29.8 Å². The van der Waals surface area contributed by atoms with Gasteiger partial charge in [0.15, 0.2) is 5.82 Å². The fourth-order valence-corrected chi connectivity index (χ4v) is 3.13. The monoisotopic (exact) mass is 445 g/mol. The molecule has 2 heterocycles. The van der Waals surface area contributed by atoms with E-state index in [0.717, 1.165) is 22.4 Å². The zero-order valence-corrected chi connectivity index (χ0v) is 18.4. The highest BCUT2D eigenvalue weighted by atomic mass is 16.6. The first-order chi connectivity index (χ1) is 15.9. The Morgan fingerprint density at radius 2 is 1.88 bits per heavy atom. The Labute approximate surface area is 190 Å². The van der Waals surface area contributed by atoms with Crippen LogP contribution < -0.4 is 10.1 Å². The molecule has 0 unspecified atom stereocenters. The summed E-state index contributed by atoms with van der Waals surface area (Å²) in [7, 11) is 0. The fourth-order valence-electron chi connectivity index (χ4n) is 3.13. The van der Waals surface area contributed by atoms with Gasteiger partial charge in [-0.1, -0.05) is 29.8 Å². The molecule has 10 heteroatoms. The third kappa shape index (κ3) is 5.36. The van der Waals surface area contributed by atoms with Crippen molar-refractivity contribution in [1.82, 2.24) is 35.5 Å². The van der Waals surface area contributed by atoms with Gasteiger partial charge in [-0.25, -0.2) is 4.79 Å². The number of amides is 1. The molecule has 0 radical (unpaired) electrons. The van der Waals surface area contributed by atoms with Gasteiger partial charge in [0.1, 0.15) is 11.9 Å².